The van der Waals surface area contributed by atoms with Gasteiger partial charge in [0.05, 0.1) is 9.77 Å². The number of rotatable bonds is 3. The summed E-state index contributed by atoms with van der Waals surface area (Å²) in [7, 11) is 0. The first-order chi connectivity index (χ1) is 6.02. The fourth-order valence-electron chi connectivity index (χ4n) is 1.17. The molecule has 0 bridgehead atoms. The van der Waals surface area contributed by atoms with E-state index in [1.807, 2.05) is 13.8 Å². The summed E-state index contributed by atoms with van der Waals surface area (Å²) in [6.07, 6.45) is 3.39. The van der Waals surface area contributed by atoms with Crippen molar-refractivity contribution in [2.75, 3.05) is 0 Å². The number of hydrogen-bond acceptors (Lipinski definition) is 2. The molecule has 5 heteroatoms. The van der Waals surface area contributed by atoms with Crippen LogP contribution in [0.25, 0.3) is 0 Å². The Hall–Kier alpha value is -0.590. The Balaban J connectivity index is 2.95. The first-order valence-corrected chi connectivity index (χ1v) is 5.02. The minimum Gasteiger partial charge on any atom is -0.480 e. The van der Waals surface area contributed by atoms with E-state index in [1.165, 1.54) is 4.68 Å². The summed E-state index contributed by atoms with van der Waals surface area (Å²) in [5.41, 5.74) is 0. The molecule has 0 aromatic carbocycles. The van der Waals surface area contributed by atoms with Gasteiger partial charge in [-0.05, 0) is 28.5 Å². The van der Waals surface area contributed by atoms with Crippen molar-refractivity contribution in [3.63, 3.8) is 0 Å². The largest absolute Gasteiger partial charge is 0.480 e. The van der Waals surface area contributed by atoms with Gasteiger partial charge in [0.1, 0.15) is 0 Å². The lowest BCUT2D eigenvalue weighted by molar-refractivity contribution is -0.142. The summed E-state index contributed by atoms with van der Waals surface area (Å²) in [5, 5.41) is 12.9. The highest BCUT2D eigenvalue weighted by atomic mass is 127. The smallest absolute Gasteiger partial charge is 0.328 e. The van der Waals surface area contributed by atoms with E-state index < -0.39 is 12.0 Å². The van der Waals surface area contributed by atoms with Crippen LogP contribution in [0.1, 0.15) is 19.9 Å². The number of hydrogen-bond donors (Lipinski definition) is 1. The molecule has 1 unspecified atom stereocenters. The van der Waals surface area contributed by atoms with Crippen LogP contribution in [0.4, 0.5) is 0 Å². The summed E-state index contributed by atoms with van der Waals surface area (Å²) in [6.45, 7) is 3.74. The first kappa shape index (κ1) is 10.5. The van der Waals surface area contributed by atoms with E-state index in [-0.39, 0.29) is 5.92 Å². The van der Waals surface area contributed by atoms with E-state index in [4.69, 9.17) is 5.11 Å². The first-order valence-electron chi connectivity index (χ1n) is 3.95. The van der Waals surface area contributed by atoms with Gasteiger partial charge in [-0.2, -0.15) is 5.10 Å². The van der Waals surface area contributed by atoms with Crippen molar-refractivity contribution >= 4 is 28.6 Å². The topological polar surface area (TPSA) is 55.1 Å². The van der Waals surface area contributed by atoms with E-state index >= 15 is 0 Å². The van der Waals surface area contributed by atoms with Crippen LogP contribution in [0.15, 0.2) is 12.4 Å². The van der Waals surface area contributed by atoms with Gasteiger partial charge in [-0.25, -0.2) is 4.79 Å². The predicted octanol–water partition coefficient (Wildman–Crippen LogP) is 1.77. The summed E-state index contributed by atoms with van der Waals surface area (Å²) in [6, 6.07) is -0.566. The third-order valence-corrected chi connectivity index (χ3v) is 2.30. The number of aromatic nitrogens is 2. The van der Waals surface area contributed by atoms with Gasteiger partial charge in [-0.3, -0.25) is 4.68 Å². The number of aliphatic carboxylic acids is 1. The Morgan fingerprint density at radius 1 is 1.69 bits per heavy atom. The summed E-state index contributed by atoms with van der Waals surface area (Å²) in [5.74, 6) is -0.803. The fraction of sp³-hybridized carbons (Fsp3) is 0.500. The van der Waals surface area contributed by atoms with Gasteiger partial charge in [-0.1, -0.05) is 13.8 Å². The standard InChI is InChI=1S/C8H11IN2O2/c1-5(2)7(8(12)13)11-4-6(9)3-10-11/h3-5,7H,1-2H3,(H,12,13). The molecule has 1 aromatic heterocycles. The van der Waals surface area contributed by atoms with Crippen LogP contribution >= 0.6 is 22.6 Å². The number of carbonyl (C=O) groups is 1. The van der Waals surface area contributed by atoms with Gasteiger partial charge in [0.15, 0.2) is 6.04 Å². The molecular formula is C8H11IN2O2. The van der Waals surface area contributed by atoms with E-state index in [9.17, 15) is 4.79 Å². The number of nitrogens with zero attached hydrogens (tertiary/aromatic N) is 2. The Kier molecular flexibility index (Phi) is 3.29. The van der Waals surface area contributed by atoms with Gasteiger partial charge in [0.2, 0.25) is 0 Å². The van der Waals surface area contributed by atoms with Crippen molar-refractivity contribution in [1.82, 2.24) is 9.78 Å². The van der Waals surface area contributed by atoms with Crippen LogP contribution in [-0.2, 0) is 4.79 Å². The van der Waals surface area contributed by atoms with Crippen LogP contribution in [0.2, 0.25) is 0 Å². The minimum atomic E-state index is -0.838. The molecule has 4 nitrogen and oxygen atoms in total. The average molecular weight is 294 g/mol. The molecule has 1 rings (SSSR count). The lowest BCUT2D eigenvalue weighted by Gasteiger charge is -2.15. The Labute approximate surface area is 90.1 Å². The maximum atomic E-state index is 10.9. The zero-order chi connectivity index (χ0) is 10.0. The monoisotopic (exact) mass is 294 g/mol. The van der Waals surface area contributed by atoms with E-state index in [0.29, 0.717) is 0 Å². The second-order valence-corrected chi connectivity index (χ2v) is 4.41. The highest BCUT2D eigenvalue weighted by Gasteiger charge is 2.23. The van der Waals surface area contributed by atoms with E-state index in [0.717, 1.165) is 3.57 Å². The quantitative estimate of drug-likeness (QED) is 0.864. The van der Waals surface area contributed by atoms with Gasteiger partial charge < -0.3 is 5.11 Å². The molecule has 0 amide bonds. The SMILES string of the molecule is CC(C)C(C(=O)O)n1cc(I)cn1. The van der Waals surface area contributed by atoms with E-state index in [1.54, 1.807) is 12.4 Å². The van der Waals surface area contributed by atoms with Crippen molar-refractivity contribution in [1.29, 1.82) is 0 Å². The van der Waals surface area contributed by atoms with Crippen molar-refractivity contribution in [2.24, 2.45) is 5.92 Å². The second-order valence-electron chi connectivity index (χ2n) is 3.17. The molecule has 1 N–H and O–H groups in total. The van der Waals surface area contributed by atoms with Crippen molar-refractivity contribution in [2.45, 2.75) is 19.9 Å². The summed E-state index contributed by atoms with van der Waals surface area (Å²) < 4.78 is 2.44. The van der Waals surface area contributed by atoms with Crippen LogP contribution in [-0.4, -0.2) is 20.9 Å². The molecule has 1 heterocycles. The molecule has 0 saturated carbocycles. The van der Waals surface area contributed by atoms with Crippen molar-refractivity contribution < 1.29 is 9.90 Å². The molecule has 0 radical (unpaired) electrons. The molecule has 0 aliphatic rings. The minimum absolute atomic E-state index is 0.0354. The number of carboxylic acids is 1. The lowest BCUT2D eigenvalue weighted by Crippen LogP contribution is -2.24. The molecular weight excluding hydrogens is 283 g/mol. The fourth-order valence-corrected chi connectivity index (χ4v) is 1.58. The lowest BCUT2D eigenvalue weighted by atomic mass is 10.1. The summed E-state index contributed by atoms with van der Waals surface area (Å²) in [4.78, 5) is 10.9. The maximum Gasteiger partial charge on any atom is 0.328 e. The molecule has 72 valence electrons. The molecule has 0 fully saturated rings. The molecule has 0 saturated heterocycles. The van der Waals surface area contributed by atoms with Gasteiger partial charge in [0, 0.05) is 6.20 Å². The van der Waals surface area contributed by atoms with Gasteiger partial charge in [-0.15, -0.1) is 0 Å². The maximum absolute atomic E-state index is 10.9. The highest BCUT2D eigenvalue weighted by molar-refractivity contribution is 14.1. The zero-order valence-electron chi connectivity index (χ0n) is 7.44. The Morgan fingerprint density at radius 3 is 2.62 bits per heavy atom. The summed E-state index contributed by atoms with van der Waals surface area (Å²) >= 11 is 2.10. The third kappa shape index (κ3) is 2.43. The third-order valence-electron chi connectivity index (χ3n) is 1.74. The molecule has 13 heavy (non-hydrogen) atoms. The van der Waals surface area contributed by atoms with Crippen LogP contribution in [0, 0.1) is 9.49 Å². The molecule has 0 aliphatic carbocycles. The number of halogens is 1. The van der Waals surface area contributed by atoms with Crippen molar-refractivity contribution in [3.8, 4) is 0 Å². The second kappa shape index (κ2) is 4.08. The van der Waals surface area contributed by atoms with Crippen molar-refractivity contribution in [3.05, 3.63) is 16.0 Å². The van der Waals surface area contributed by atoms with Gasteiger partial charge >= 0.3 is 5.97 Å². The van der Waals surface area contributed by atoms with Crippen LogP contribution < -0.4 is 0 Å². The zero-order valence-corrected chi connectivity index (χ0v) is 9.59. The highest BCUT2D eigenvalue weighted by Crippen LogP contribution is 2.17. The molecule has 0 spiro atoms. The van der Waals surface area contributed by atoms with E-state index in [2.05, 4.69) is 27.7 Å². The molecule has 1 atom stereocenters. The molecule has 0 aliphatic heterocycles. The Morgan fingerprint density at radius 2 is 2.31 bits per heavy atom. The van der Waals surface area contributed by atoms with Crippen LogP contribution in [0.5, 0.6) is 0 Å². The number of carboxylic acid groups (broad SMARTS) is 1. The predicted molar refractivity (Wildman–Crippen MR) is 56.5 cm³/mol. The van der Waals surface area contributed by atoms with Gasteiger partial charge in [0.25, 0.3) is 0 Å². The average Bonchev–Trinajstić information content (AvgIpc) is 2.34. The molecule has 1 aromatic rings. The van der Waals surface area contributed by atoms with Crippen LogP contribution in [0.3, 0.4) is 0 Å². The normalized spacial score (nSPS) is 13.2. The Bertz CT molecular complexity index is 309.